The quantitative estimate of drug-likeness (QED) is 0.637. The Hall–Kier alpha value is -2.15. The van der Waals surface area contributed by atoms with Crippen molar-refractivity contribution in [3.8, 4) is 0 Å². The summed E-state index contributed by atoms with van der Waals surface area (Å²) in [4.78, 5) is 27.8. The Morgan fingerprint density at radius 1 is 1.56 bits per heavy atom. The number of anilines is 1. The molecule has 1 amide bonds. The highest BCUT2D eigenvalue weighted by Crippen LogP contribution is 2.18. The molecule has 1 aliphatic rings. The van der Waals surface area contributed by atoms with Crippen LogP contribution in [0.2, 0.25) is 0 Å². The minimum absolute atomic E-state index is 0.134. The van der Waals surface area contributed by atoms with E-state index >= 15 is 0 Å². The maximum Gasteiger partial charge on any atom is 0.327 e. The van der Waals surface area contributed by atoms with Gasteiger partial charge in [0.05, 0.1) is 0 Å². The van der Waals surface area contributed by atoms with Crippen LogP contribution in [0, 0.1) is 0 Å². The zero-order valence-corrected chi connectivity index (χ0v) is 9.67. The van der Waals surface area contributed by atoms with Gasteiger partial charge in [0.2, 0.25) is 0 Å². The fraction of sp³-hybridized carbons (Fsp3) is 0.364. The Morgan fingerprint density at radius 3 is 3.00 bits per heavy atom. The van der Waals surface area contributed by atoms with Crippen LogP contribution < -0.4 is 16.0 Å². The van der Waals surface area contributed by atoms with Crippen molar-refractivity contribution < 1.29 is 14.7 Å². The molecule has 1 atom stereocenters. The van der Waals surface area contributed by atoms with Crippen LogP contribution in [0.25, 0.3) is 0 Å². The van der Waals surface area contributed by atoms with Gasteiger partial charge >= 0.3 is 5.97 Å². The van der Waals surface area contributed by atoms with Gasteiger partial charge in [-0.05, 0) is 12.1 Å². The highest BCUT2D eigenvalue weighted by molar-refractivity contribution is 5.92. The maximum atomic E-state index is 11.2. The Morgan fingerprint density at radius 2 is 2.33 bits per heavy atom. The van der Waals surface area contributed by atoms with Gasteiger partial charge in [0, 0.05) is 31.5 Å². The Labute approximate surface area is 104 Å². The molecule has 0 aromatic carbocycles. The van der Waals surface area contributed by atoms with E-state index in [-0.39, 0.29) is 5.69 Å². The standard InChI is InChI=1S/C11H14N4O3/c12-10(16)8-5-7(1-2-14-8)15-4-3-13-6-9(15)11(17)18/h1-2,5,9,13H,3-4,6H2,(H2,12,16)(H,17,18). The number of carboxylic acid groups (broad SMARTS) is 1. The molecule has 96 valence electrons. The smallest absolute Gasteiger partial charge is 0.327 e. The number of rotatable bonds is 3. The Kier molecular flexibility index (Phi) is 3.42. The van der Waals surface area contributed by atoms with Gasteiger partial charge in [-0.25, -0.2) is 4.79 Å². The number of nitrogens with one attached hydrogen (secondary N) is 1. The zero-order chi connectivity index (χ0) is 13.1. The lowest BCUT2D eigenvalue weighted by Crippen LogP contribution is -2.55. The lowest BCUT2D eigenvalue weighted by atomic mass is 10.1. The molecule has 7 nitrogen and oxygen atoms in total. The highest BCUT2D eigenvalue weighted by atomic mass is 16.4. The molecule has 1 aromatic rings. The minimum Gasteiger partial charge on any atom is -0.480 e. The first-order chi connectivity index (χ1) is 8.59. The molecule has 1 aliphatic heterocycles. The summed E-state index contributed by atoms with van der Waals surface area (Å²) in [5.74, 6) is -1.53. The van der Waals surface area contributed by atoms with Gasteiger partial charge in [0.25, 0.3) is 5.91 Å². The first-order valence-corrected chi connectivity index (χ1v) is 5.55. The molecular weight excluding hydrogens is 236 g/mol. The number of pyridine rings is 1. The van der Waals surface area contributed by atoms with Crippen molar-refractivity contribution in [3.05, 3.63) is 24.0 Å². The molecule has 4 N–H and O–H groups in total. The first-order valence-electron chi connectivity index (χ1n) is 5.55. The third-order valence-corrected chi connectivity index (χ3v) is 2.86. The van der Waals surface area contributed by atoms with E-state index in [1.807, 2.05) is 0 Å². The average molecular weight is 250 g/mol. The molecule has 1 saturated heterocycles. The molecule has 0 radical (unpaired) electrons. The van der Waals surface area contributed by atoms with E-state index in [1.165, 1.54) is 12.3 Å². The third kappa shape index (κ3) is 2.40. The van der Waals surface area contributed by atoms with Gasteiger partial charge in [-0.2, -0.15) is 0 Å². The molecular formula is C11H14N4O3. The number of aliphatic carboxylic acids is 1. The second-order valence-corrected chi connectivity index (χ2v) is 4.02. The molecule has 0 spiro atoms. The van der Waals surface area contributed by atoms with Crippen molar-refractivity contribution in [1.29, 1.82) is 0 Å². The van der Waals surface area contributed by atoms with Crippen LogP contribution in [0.15, 0.2) is 18.3 Å². The molecule has 2 heterocycles. The van der Waals surface area contributed by atoms with E-state index in [4.69, 9.17) is 10.8 Å². The van der Waals surface area contributed by atoms with Gasteiger partial charge in [0.1, 0.15) is 11.7 Å². The van der Waals surface area contributed by atoms with E-state index < -0.39 is 17.9 Å². The van der Waals surface area contributed by atoms with Crippen LogP contribution in [-0.4, -0.2) is 47.6 Å². The van der Waals surface area contributed by atoms with E-state index in [0.717, 1.165) is 0 Å². The molecule has 2 rings (SSSR count). The number of carbonyl (C=O) groups is 2. The third-order valence-electron chi connectivity index (χ3n) is 2.86. The predicted molar refractivity (Wildman–Crippen MR) is 64.4 cm³/mol. The van der Waals surface area contributed by atoms with Crippen LogP contribution in [0.3, 0.4) is 0 Å². The Bertz CT molecular complexity index is 477. The normalized spacial score (nSPS) is 19.6. The van der Waals surface area contributed by atoms with Crippen LogP contribution in [-0.2, 0) is 4.79 Å². The van der Waals surface area contributed by atoms with Gasteiger partial charge in [0.15, 0.2) is 0 Å². The lowest BCUT2D eigenvalue weighted by molar-refractivity contribution is -0.138. The number of hydrogen-bond donors (Lipinski definition) is 3. The number of carbonyl (C=O) groups excluding carboxylic acids is 1. The van der Waals surface area contributed by atoms with Gasteiger partial charge in [-0.1, -0.05) is 0 Å². The summed E-state index contributed by atoms with van der Waals surface area (Å²) in [6.07, 6.45) is 1.45. The van der Waals surface area contributed by atoms with Crippen molar-refractivity contribution in [1.82, 2.24) is 10.3 Å². The predicted octanol–water partition coefficient (Wildman–Crippen LogP) is -0.957. The largest absolute Gasteiger partial charge is 0.480 e. The van der Waals surface area contributed by atoms with E-state index in [0.29, 0.717) is 25.3 Å². The van der Waals surface area contributed by atoms with E-state index in [9.17, 15) is 9.59 Å². The summed E-state index contributed by atoms with van der Waals surface area (Å²) in [7, 11) is 0. The summed E-state index contributed by atoms with van der Waals surface area (Å²) >= 11 is 0. The Balaban J connectivity index is 2.30. The SMILES string of the molecule is NC(=O)c1cc(N2CCNCC2C(=O)O)ccn1. The molecule has 1 aromatic heterocycles. The number of hydrogen-bond acceptors (Lipinski definition) is 5. The monoisotopic (exact) mass is 250 g/mol. The van der Waals surface area contributed by atoms with E-state index in [2.05, 4.69) is 10.3 Å². The van der Waals surface area contributed by atoms with Gasteiger partial charge in [-0.3, -0.25) is 9.78 Å². The molecule has 1 fully saturated rings. The van der Waals surface area contributed by atoms with Crippen molar-refractivity contribution in [2.24, 2.45) is 5.73 Å². The summed E-state index contributed by atoms with van der Waals surface area (Å²) in [6.45, 7) is 1.61. The first kappa shape index (κ1) is 12.3. The maximum absolute atomic E-state index is 11.2. The number of aromatic nitrogens is 1. The number of primary amides is 1. The van der Waals surface area contributed by atoms with E-state index in [1.54, 1.807) is 11.0 Å². The van der Waals surface area contributed by atoms with Crippen LogP contribution in [0.4, 0.5) is 5.69 Å². The molecule has 0 aliphatic carbocycles. The summed E-state index contributed by atoms with van der Waals surface area (Å²) in [6, 6.07) is 2.54. The minimum atomic E-state index is -0.903. The molecule has 1 unspecified atom stereocenters. The number of nitrogens with zero attached hydrogens (tertiary/aromatic N) is 2. The molecule has 7 heteroatoms. The number of nitrogens with two attached hydrogens (primary N) is 1. The summed E-state index contributed by atoms with van der Waals surface area (Å²) in [5, 5.41) is 12.2. The molecule has 18 heavy (non-hydrogen) atoms. The lowest BCUT2D eigenvalue weighted by Gasteiger charge is -2.35. The number of piperazine rings is 1. The van der Waals surface area contributed by atoms with Crippen LogP contribution >= 0.6 is 0 Å². The highest BCUT2D eigenvalue weighted by Gasteiger charge is 2.28. The molecule has 0 bridgehead atoms. The fourth-order valence-electron chi connectivity index (χ4n) is 1.97. The second kappa shape index (κ2) is 5.01. The van der Waals surface area contributed by atoms with Crippen molar-refractivity contribution in [3.63, 3.8) is 0 Å². The number of amides is 1. The molecule has 0 saturated carbocycles. The van der Waals surface area contributed by atoms with Crippen LogP contribution in [0.1, 0.15) is 10.5 Å². The summed E-state index contributed by atoms with van der Waals surface area (Å²) < 4.78 is 0. The zero-order valence-electron chi connectivity index (χ0n) is 9.67. The van der Waals surface area contributed by atoms with Gasteiger partial charge < -0.3 is 21.1 Å². The van der Waals surface area contributed by atoms with Crippen molar-refractivity contribution >= 4 is 17.6 Å². The average Bonchev–Trinajstić information content (AvgIpc) is 2.39. The van der Waals surface area contributed by atoms with Crippen molar-refractivity contribution in [2.45, 2.75) is 6.04 Å². The number of carboxylic acids is 1. The fourth-order valence-corrected chi connectivity index (χ4v) is 1.97. The second-order valence-electron chi connectivity index (χ2n) is 4.02. The van der Waals surface area contributed by atoms with Crippen molar-refractivity contribution in [2.75, 3.05) is 24.5 Å². The van der Waals surface area contributed by atoms with Crippen LogP contribution in [0.5, 0.6) is 0 Å². The summed E-state index contributed by atoms with van der Waals surface area (Å²) in [5.41, 5.74) is 5.94. The van der Waals surface area contributed by atoms with Gasteiger partial charge in [-0.15, -0.1) is 0 Å². The topological polar surface area (TPSA) is 109 Å².